The van der Waals surface area contributed by atoms with Crippen LogP contribution in [0.25, 0.3) is 11.1 Å². The number of amides is 1. The fourth-order valence-electron chi connectivity index (χ4n) is 3.04. The van der Waals surface area contributed by atoms with Crippen molar-refractivity contribution in [3.05, 3.63) is 35.7 Å². The van der Waals surface area contributed by atoms with Crippen molar-refractivity contribution in [2.45, 2.75) is 39.7 Å². The fourth-order valence-corrected chi connectivity index (χ4v) is 3.04. The molecule has 0 aromatic carbocycles. The Balaban J connectivity index is 2.01. The summed E-state index contributed by atoms with van der Waals surface area (Å²) in [5.74, 6) is 0.979. The largest absolute Gasteiger partial charge is 0.460 e. The Morgan fingerprint density at radius 2 is 2.00 bits per heavy atom. The minimum Gasteiger partial charge on any atom is -0.460 e. The summed E-state index contributed by atoms with van der Waals surface area (Å²) in [6, 6.07) is 3.87. The standard InChI is InChI=1S/C17H22N2O2/c1-12(2)11-19-14-9-13(3)21-16(14)10-15(19)17(20)18-7-5-4-6-8-18/h9-10H,1,4-8,11H2,2-3H3. The maximum absolute atomic E-state index is 12.8. The SMILES string of the molecule is C=C(C)Cn1c(C(=O)N2CCCCC2)cc2oc(C)cc21. The van der Waals surface area contributed by atoms with E-state index < -0.39 is 0 Å². The van der Waals surface area contributed by atoms with Crippen LogP contribution in [-0.2, 0) is 6.54 Å². The number of aryl methyl sites for hydroxylation is 1. The Morgan fingerprint density at radius 1 is 1.29 bits per heavy atom. The van der Waals surface area contributed by atoms with Crippen LogP contribution in [0, 0.1) is 6.92 Å². The van der Waals surface area contributed by atoms with E-state index in [0.717, 1.165) is 48.4 Å². The van der Waals surface area contributed by atoms with Gasteiger partial charge in [-0.3, -0.25) is 4.79 Å². The highest BCUT2D eigenvalue weighted by molar-refractivity contribution is 5.97. The Morgan fingerprint density at radius 3 is 2.67 bits per heavy atom. The zero-order chi connectivity index (χ0) is 15.0. The molecule has 0 bridgehead atoms. The first kappa shape index (κ1) is 14.0. The van der Waals surface area contributed by atoms with Gasteiger partial charge in [-0.1, -0.05) is 12.2 Å². The molecule has 0 N–H and O–H groups in total. The monoisotopic (exact) mass is 286 g/mol. The normalized spacial score (nSPS) is 15.6. The quantitative estimate of drug-likeness (QED) is 0.806. The van der Waals surface area contributed by atoms with E-state index in [9.17, 15) is 4.79 Å². The number of fused-ring (bicyclic) bond motifs is 1. The van der Waals surface area contributed by atoms with E-state index in [4.69, 9.17) is 4.42 Å². The summed E-state index contributed by atoms with van der Waals surface area (Å²) in [5.41, 5.74) is 3.51. The Bertz CT molecular complexity index is 687. The molecule has 1 amide bonds. The van der Waals surface area contributed by atoms with Gasteiger partial charge in [0.2, 0.25) is 0 Å². The van der Waals surface area contributed by atoms with E-state index in [-0.39, 0.29) is 5.91 Å². The molecule has 1 aliphatic heterocycles. The molecule has 112 valence electrons. The third-order valence-electron chi connectivity index (χ3n) is 4.00. The van der Waals surface area contributed by atoms with Gasteiger partial charge in [-0.15, -0.1) is 0 Å². The van der Waals surface area contributed by atoms with E-state index in [0.29, 0.717) is 12.2 Å². The van der Waals surface area contributed by atoms with Crippen LogP contribution in [0.3, 0.4) is 0 Å². The Labute approximate surface area is 125 Å². The maximum atomic E-state index is 12.8. The van der Waals surface area contributed by atoms with Crippen LogP contribution in [0.1, 0.15) is 42.4 Å². The third kappa shape index (κ3) is 2.62. The van der Waals surface area contributed by atoms with Gasteiger partial charge >= 0.3 is 0 Å². The van der Waals surface area contributed by atoms with Crippen LogP contribution < -0.4 is 0 Å². The van der Waals surface area contributed by atoms with E-state index in [1.54, 1.807) is 0 Å². The molecule has 21 heavy (non-hydrogen) atoms. The number of hydrogen-bond acceptors (Lipinski definition) is 2. The lowest BCUT2D eigenvalue weighted by atomic mass is 10.1. The number of nitrogens with zero attached hydrogens (tertiary/aromatic N) is 2. The summed E-state index contributed by atoms with van der Waals surface area (Å²) in [5, 5.41) is 0. The maximum Gasteiger partial charge on any atom is 0.270 e. The van der Waals surface area contributed by atoms with Gasteiger partial charge in [0.05, 0.1) is 5.52 Å². The van der Waals surface area contributed by atoms with E-state index in [2.05, 4.69) is 6.58 Å². The average Bonchev–Trinajstić information content (AvgIpc) is 2.96. The lowest BCUT2D eigenvalue weighted by molar-refractivity contribution is 0.0714. The number of carbonyl (C=O) groups is 1. The van der Waals surface area contributed by atoms with Crippen LogP contribution in [0.4, 0.5) is 0 Å². The molecule has 1 aliphatic rings. The van der Waals surface area contributed by atoms with Crippen LogP contribution in [0.15, 0.2) is 28.7 Å². The Hall–Kier alpha value is -1.97. The topological polar surface area (TPSA) is 38.4 Å². The summed E-state index contributed by atoms with van der Waals surface area (Å²) in [4.78, 5) is 14.7. The molecule has 0 spiro atoms. The van der Waals surface area contributed by atoms with Crippen LogP contribution >= 0.6 is 0 Å². The van der Waals surface area contributed by atoms with Crippen LogP contribution in [0.5, 0.6) is 0 Å². The molecule has 1 saturated heterocycles. The molecule has 3 rings (SSSR count). The minimum absolute atomic E-state index is 0.111. The number of carbonyl (C=O) groups excluding carboxylic acids is 1. The molecule has 1 fully saturated rings. The average molecular weight is 286 g/mol. The van der Waals surface area contributed by atoms with Gasteiger partial charge in [0.25, 0.3) is 5.91 Å². The second kappa shape index (κ2) is 5.43. The number of allylic oxidation sites excluding steroid dienone is 1. The molecule has 4 heteroatoms. The predicted molar refractivity (Wildman–Crippen MR) is 83.5 cm³/mol. The predicted octanol–water partition coefficient (Wildman–Crippen LogP) is 3.74. The first-order valence-electron chi connectivity index (χ1n) is 7.59. The molecular weight excluding hydrogens is 264 g/mol. The number of aromatic nitrogens is 1. The minimum atomic E-state index is 0.111. The molecule has 0 saturated carbocycles. The van der Waals surface area contributed by atoms with E-state index in [1.807, 2.05) is 35.4 Å². The summed E-state index contributed by atoms with van der Waals surface area (Å²) in [6.07, 6.45) is 3.42. The highest BCUT2D eigenvalue weighted by Crippen LogP contribution is 2.26. The number of rotatable bonds is 3. The molecule has 0 unspecified atom stereocenters. The van der Waals surface area contributed by atoms with Gasteiger partial charge in [0, 0.05) is 31.8 Å². The molecule has 4 nitrogen and oxygen atoms in total. The lowest BCUT2D eigenvalue weighted by Crippen LogP contribution is -2.36. The second-order valence-electron chi connectivity index (χ2n) is 6.03. The number of piperidine rings is 1. The van der Waals surface area contributed by atoms with Gasteiger partial charge in [0.15, 0.2) is 5.58 Å². The molecule has 0 radical (unpaired) electrons. The second-order valence-corrected chi connectivity index (χ2v) is 6.03. The number of furan rings is 1. The van der Waals surface area contributed by atoms with Crippen molar-refractivity contribution in [1.82, 2.24) is 9.47 Å². The first-order valence-corrected chi connectivity index (χ1v) is 7.59. The van der Waals surface area contributed by atoms with Crippen molar-refractivity contribution in [2.75, 3.05) is 13.1 Å². The molecule has 3 heterocycles. The van der Waals surface area contributed by atoms with Crippen molar-refractivity contribution >= 4 is 17.0 Å². The molecule has 2 aromatic heterocycles. The van der Waals surface area contributed by atoms with Crippen molar-refractivity contribution in [1.29, 1.82) is 0 Å². The van der Waals surface area contributed by atoms with Gasteiger partial charge < -0.3 is 13.9 Å². The number of likely N-dealkylation sites (tertiary alicyclic amines) is 1. The molecular formula is C17H22N2O2. The van der Waals surface area contributed by atoms with Crippen molar-refractivity contribution < 1.29 is 9.21 Å². The smallest absolute Gasteiger partial charge is 0.270 e. The molecule has 2 aromatic rings. The van der Waals surface area contributed by atoms with Gasteiger partial charge in [-0.2, -0.15) is 0 Å². The molecule has 0 aliphatic carbocycles. The zero-order valence-corrected chi connectivity index (χ0v) is 12.8. The van der Waals surface area contributed by atoms with Crippen molar-refractivity contribution in [3.8, 4) is 0 Å². The fraction of sp³-hybridized carbons (Fsp3) is 0.471. The summed E-state index contributed by atoms with van der Waals surface area (Å²) in [7, 11) is 0. The first-order chi connectivity index (χ1) is 10.1. The lowest BCUT2D eigenvalue weighted by Gasteiger charge is -2.27. The summed E-state index contributed by atoms with van der Waals surface area (Å²) >= 11 is 0. The van der Waals surface area contributed by atoms with Gasteiger partial charge in [0.1, 0.15) is 11.5 Å². The third-order valence-corrected chi connectivity index (χ3v) is 4.00. The molecule has 0 atom stereocenters. The van der Waals surface area contributed by atoms with Gasteiger partial charge in [-0.25, -0.2) is 0 Å². The summed E-state index contributed by atoms with van der Waals surface area (Å²) < 4.78 is 7.72. The van der Waals surface area contributed by atoms with Crippen LogP contribution in [0.2, 0.25) is 0 Å². The Kier molecular flexibility index (Phi) is 3.62. The van der Waals surface area contributed by atoms with E-state index >= 15 is 0 Å². The highest BCUT2D eigenvalue weighted by Gasteiger charge is 2.24. The van der Waals surface area contributed by atoms with Crippen molar-refractivity contribution in [3.63, 3.8) is 0 Å². The van der Waals surface area contributed by atoms with Gasteiger partial charge in [-0.05, 0) is 33.1 Å². The number of hydrogen-bond donors (Lipinski definition) is 0. The van der Waals surface area contributed by atoms with E-state index in [1.165, 1.54) is 6.42 Å². The summed E-state index contributed by atoms with van der Waals surface area (Å²) in [6.45, 7) is 10.3. The van der Waals surface area contributed by atoms with Crippen LogP contribution in [-0.4, -0.2) is 28.5 Å². The van der Waals surface area contributed by atoms with Crippen molar-refractivity contribution in [2.24, 2.45) is 0 Å². The highest BCUT2D eigenvalue weighted by atomic mass is 16.3. The zero-order valence-electron chi connectivity index (χ0n) is 12.8.